The maximum absolute atomic E-state index is 11.8. The summed E-state index contributed by atoms with van der Waals surface area (Å²) >= 11 is 0. The van der Waals surface area contributed by atoms with E-state index in [9.17, 15) is 8.42 Å². The summed E-state index contributed by atoms with van der Waals surface area (Å²) in [5.41, 5.74) is 1.47. The standard InChI is InChI=1S/C14H12N2O2S/c17-19(18,9-5-13-3-1-7-15-11-13)10-6-14-4-2-8-16-12-14/h1-12H/b9-5+,10-6+. The summed E-state index contributed by atoms with van der Waals surface area (Å²) in [6.07, 6.45) is 9.47. The van der Waals surface area contributed by atoms with Gasteiger partial charge in [0.2, 0.25) is 0 Å². The van der Waals surface area contributed by atoms with Crippen LogP contribution in [-0.2, 0) is 9.84 Å². The van der Waals surface area contributed by atoms with Crippen LogP contribution in [-0.4, -0.2) is 18.4 Å². The maximum atomic E-state index is 11.8. The number of sulfone groups is 1. The van der Waals surface area contributed by atoms with E-state index in [4.69, 9.17) is 0 Å². The van der Waals surface area contributed by atoms with Crippen LogP contribution in [0.4, 0.5) is 0 Å². The number of hydrogen-bond acceptors (Lipinski definition) is 4. The summed E-state index contributed by atoms with van der Waals surface area (Å²) in [5.74, 6) is 0. The Bertz CT molecular complexity index is 622. The van der Waals surface area contributed by atoms with Crippen molar-refractivity contribution in [2.75, 3.05) is 0 Å². The van der Waals surface area contributed by atoms with Gasteiger partial charge in [0.15, 0.2) is 9.84 Å². The molecule has 2 aromatic heterocycles. The third-order valence-corrected chi connectivity index (χ3v) is 3.30. The highest BCUT2D eigenvalue weighted by Gasteiger charge is 1.99. The molecule has 4 nitrogen and oxygen atoms in total. The van der Waals surface area contributed by atoms with Gasteiger partial charge in [-0.15, -0.1) is 0 Å². The second-order valence-electron chi connectivity index (χ2n) is 3.77. The molecule has 2 heterocycles. The fraction of sp³-hybridized carbons (Fsp3) is 0. The first kappa shape index (κ1) is 13.2. The van der Waals surface area contributed by atoms with Gasteiger partial charge in [0.25, 0.3) is 0 Å². The van der Waals surface area contributed by atoms with Crippen molar-refractivity contribution in [3.63, 3.8) is 0 Å². The lowest BCUT2D eigenvalue weighted by atomic mass is 10.3. The molecule has 0 aliphatic heterocycles. The van der Waals surface area contributed by atoms with Gasteiger partial charge in [-0.25, -0.2) is 8.42 Å². The van der Waals surface area contributed by atoms with Crippen LogP contribution in [0.3, 0.4) is 0 Å². The molecule has 0 aromatic carbocycles. The van der Waals surface area contributed by atoms with Crippen LogP contribution < -0.4 is 0 Å². The van der Waals surface area contributed by atoms with Gasteiger partial charge < -0.3 is 0 Å². The van der Waals surface area contributed by atoms with Gasteiger partial charge in [0.1, 0.15) is 0 Å². The Morgan fingerprint density at radius 2 is 1.32 bits per heavy atom. The molecule has 96 valence electrons. The van der Waals surface area contributed by atoms with Gasteiger partial charge in [-0.3, -0.25) is 9.97 Å². The summed E-state index contributed by atoms with van der Waals surface area (Å²) in [4.78, 5) is 7.81. The summed E-state index contributed by atoms with van der Waals surface area (Å²) in [7, 11) is -3.39. The van der Waals surface area contributed by atoms with Crippen molar-refractivity contribution >= 4 is 22.0 Å². The second kappa shape index (κ2) is 6.06. The molecular formula is C14H12N2O2S. The van der Waals surface area contributed by atoms with E-state index in [0.29, 0.717) is 0 Å². The zero-order chi connectivity index (χ0) is 13.6. The molecular weight excluding hydrogens is 260 g/mol. The molecule has 0 bridgehead atoms. The summed E-state index contributed by atoms with van der Waals surface area (Å²) in [5, 5.41) is 2.30. The summed E-state index contributed by atoms with van der Waals surface area (Å²) in [6.45, 7) is 0. The smallest absolute Gasteiger partial charge is 0.193 e. The first-order valence-corrected chi connectivity index (χ1v) is 7.18. The van der Waals surface area contributed by atoms with Crippen LogP contribution >= 0.6 is 0 Å². The van der Waals surface area contributed by atoms with Crippen molar-refractivity contribution in [3.05, 3.63) is 71.0 Å². The molecule has 0 unspecified atom stereocenters. The normalized spacial score (nSPS) is 12.2. The van der Waals surface area contributed by atoms with Crippen molar-refractivity contribution in [1.29, 1.82) is 0 Å². The molecule has 0 fully saturated rings. The molecule has 2 rings (SSSR count). The van der Waals surface area contributed by atoms with Gasteiger partial charge in [0.05, 0.1) is 0 Å². The Kier molecular flexibility index (Phi) is 4.20. The zero-order valence-electron chi connectivity index (χ0n) is 10.0. The van der Waals surface area contributed by atoms with E-state index in [1.54, 1.807) is 49.1 Å². The first-order chi connectivity index (χ1) is 9.16. The number of hydrogen-bond donors (Lipinski definition) is 0. The summed E-state index contributed by atoms with van der Waals surface area (Å²) in [6, 6.07) is 7.06. The van der Waals surface area contributed by atoms with Crippen LogP contribution in [0, 0.1) is 0 Å². The second-order valence-corrected chi connectivity index (χ2v) is 5.49. The quantitative estimate of drug-likeness (QED) is 0.858. The Balaban J connectivity index is 2.12. The van der Waals surface area contributed by atoms with E-state index in [1.165, 1.54) is 12.2 Å². The lowest BCUT2D eigenvalue weighted by molar-refractivity contribution is 0.613. The maximum Gasteiger partial charge on any atom is 0.193 e. The lowest BCUT2D eigenvalue weighted by Gasteiger charge is -1.92. The van der Waals surface area contributed by atoms with E-state index in [-0.39, 0.29) is 0 Å². The molecule has 0 atom stereocenters. The largest absolute Gasteiger partial charge is 0.264 e. The van der Waals surface area contributed by atoms with E-state index in [2.05, 4.69) is 9.97 Å². The molecule has 0 radical (unpaired) electrons. The van der Waals surface area contributed by atoms with Gasteiger partial charge in [-0.05, 0) is 35.4 Å². The molecule has 0 N–H and O–H groups in total. The minimum atomic E-state index is -3.39. The van der Waals surface area contributed by atoms with Gasteiger partial charge >= 0.3 is 0 Å². The highest BCUT2D eigenvalue weighted by molar-refractivity contribution is 7.97. The first-order valence-electron chi connectivity index (χ1n) is 5.57. The van der Waals surface area contributed by atoms with Crippen molar-refractivity contribution in [2.24, 2.45) is 0 Å². The fourth-order valence-electron chi connectivity index (χ4n) is 1.34. The lowest BCUT2D eigenvalue weighted by Crippen LogP contribution is -1.88. The summed E-state index contributed by atoms with van der Waals surface area (Å²) < 4.78 is 23.5. The molecule has 0 saturated carbocycles. The van der Waals surface area contributed by atoms with Crippen LogP contribution in [0.15, 0.2) is 59.9 Å². The van der Waals surface area contributed by atoms with Gasteiger partial charge in [-0.2, -0.15) is 0 Å². The monoisotopic (exact) mass is 272 g/mol. The molecule has 0 spiro atoms. The highest BCUT2D eigenvalue weighted by Crippen LogP contribution is 2.06. The Morgan fingerprint density at radius 1 is 0.842 bits per heavy atom. The molecule has 0 amide bonds. The van der Waals surface area contributed by atoms with E-state index < -0.39 is 9.84 Å². The molecule has 2 aromatic rings. The molecule has 0 aliphatic rings. The number of nitrogens with zero attached hydrogens (tertiary/aromatic N) is 2. The van der Waals surface area contributed by atoms with E-state index >= 15 is 0 Å². The predicted molar refractivity (Wildman–Crippen MR) is 75.5 cm³/mol. The van der Waals surface area contributed by atoms with Crippen molar-refractivity contribution in [1.82, 2.24) is 9.97 Å². The Morgan fingerprint density at radius 3 is 1.68 bits per heavy atom. The van der Waals surface area contributed by atoms with Crippen molar-refractivity contribution in [3.8, 4) is 0 Å². The van der Waals surface area contributed by atoms with Crippen LogP contribution in [0.25, 0.3) is 12.2 Å². The minimum absolute atomic E-state index is 0.737. The SMILES string of the molecule is O=S(=O)(/C=C/c1cccnc1)/C=C/c1cccnc1. The fourth-order valence-corrected chi connectivity index (χ4v) is 2.13. The average Bonchev–Trinajstić information content (AvgIpc) is 2.46. The molecule has 5 heteroatoms. The zero-order valence-corrected chi connectivity index (χ0v) is 10.9. The van der Waals surface area contributed by atoms with Crippen LogP contribution in [0.5, 0.6) is 0 Å². The van der Waals surface area contributed by atoms with E-state index in [0.717, 1.165) is 21.9 Å². The highest BCUT2D eigenvalue weighted by atomic mass is 32.2. The molecule has 0 aliphatic carbocycles. The number of pyridine rings is 2. The molecule has 0 saturated heterocycles. The van der Waals surface area contributed by atoms with Crippen molar-refractivity contribution < 1.29 is 8.42 Å². The van der Waals surface area contributed by atoms with Crippen LogP contribution in [0.1, 0.15) is 11.1 Å². The Hall–Kier alpha value is -2.27. The third kappa shape index (κ3) is 4.48. The topological polar surface area (TPSA) is 59.9 Å². The van der Waals surface area contributed by atoms with Crippen LogP contribution in [0.2, 0.25) is 0 Å². The Labute approximate surface area is 112 Å². The number of rotatable bonds is 4. The predicted octanol–water partition coefficient (Wildman–Crippen LogP) is 2.53. The molecule has 19 heavy (non-hydrogen) atoms. The van der Waals surface area contributed by atoms with Crippen molar-refractivity contribution in [2.45, 2.75) is 0 Å². The van der Waals surface area contributed by atoms with Gasteiger partial charge in [-0.1, -0.05) is 12.1 Å². The average molecular weight is 272 g/mol. The number of aromatic nitrogens is 2. The van der Waals surface area contributed by atoms with E-state index in [1.807, 2.05) is 0 Å². The third-order valence-electron chi connectivity index (χ3n) is 2.27. The minimum Gasteiger partial charge on any atom is -0.264 e. The van der Waals surface area contributed by atoms with Gasteiger partial charge in [0, 0.05) is 35.6 Å².